The van der Waals surface area contributed by atoms with Crippen LogP contribution in [0.3, 0.4) is 0 Å². The molecule has 4 rings (SSSR count). The molecule has 4 aromatic rings. The number of fused-ring (bicyclic) bond motifs is 1. The predicted molar refractivity (Wildman–Crippen MR) is 111 cm³/mol. The first-order valence-corrected chi connectivity index (χ1v) is 9.25. The van der Waals surface area contributed by atoms with Gasteiger partial charge < -0.3 is 0 Å². The summed E-state index contributed by atoms with van der Waals surface area (Å²) in [5, 5.41) is 12.3. The summed E-state index contributed by atoms with van der Waals surface area (Å²) in [6.07, 6.45) is 0. The number of hydrogen-bond donors (Lipinski definition) is 2. The van der Waals surface area contributed by atoms with E-state index in [9.17, 15) is 9.59 Å². The van der Waals surface area contributed by atoms with Crippen molar-refractivity contribution in [3.63, 3.8) is 0 Å². The number of carbonyl (C=O) groups is 2. The molecule has 0 aliphatic carbocycles. The zero-order valence-corrected chi connectivity index (χ0v) is 16.4. The number of hydrogen-bond acceptors (Lipinski definition) is 5. The van der Waals surface area contributed by atoms with Crippen LogP contribution in [-0.4, -0.2) is 31.7 Å². The first kappa shape index (κ1) is 19.1. The Morgan fingerprint density at radius 3 is 2.07 bits per heavy atom. The lowest BCUT2D eigenvalue weighted by Crippen LogP contribution is -2.48. The molecular weight excluding hydrogens is 382 g/mol. The molecule has 0 aliphatic heterocycles. The van der Waals surface area contributed by atoms with Crippen molar-refractivity contribution < 1.29 is 9.59 Å². The van der Waals surface area contributed by atoms with E-state index >= 15 is 0 Å². The number of benzene rings is 2. The van der Waals surface area contributed by atoms with Crippen LogP contribution in [0.25, 0.3) is 5.65 Å². The second kappa shape index (κ2) is 8.00. The normalized spacial score (nSPS) is 10.6. The number of aryl methyl sites for hydroxylation is 2. The van der Waals surface area contributed by atoms with Gasteiger partial charge in [-0.25, -0.2) is 14.7 Å². The number of carbonyl (C=O) groups excluding carboxylic acids is 2. The zero-order chi connectivity index (χ0) is 21.1. The third kappa shape index (κ3) is 3.68. The first-order valence-electron chi connectivity index (χ1n) is 9.25. The molecule has 0 bridgehead atoms. The largest absolute Gasteiger partial charge is 0.345 e. The minimum atomic E-state index is -0.593. The number of urea groups is 1. The number of rotatable bonds is 3. The molecule has 2 aromatic heterocycles. The van der Waals surface area contributed by atoms with Gasteiger partial charge in [0.05, 0.1) is 22.8 Å². The van der Waals surface area contributed by atoms with E-state index in [0.29, 0.717) is 22.7 Å². The molecule has 2 heterocycles. The van der Waals surface area contributed by atoms with Crippen LogP contribution in [0.5, 0.6) is 0 Å². The molecule has 0 radical (unpaired) electrons. The Balaban J connectivity index is 1.55. The zero-order valence-electron chi connectivity index (χ0n) is 16.4. The van der Waals surface area contributed by atoms with Gasteiger partial charge in [-0.3, -0.25) is 15.1 Å². The molecule has 0 saturated carbocycles. The summed E-state index contributed by atoms with van der Waals surface area (Å²) in [5.41, 5.74) is 8.05. The summed E-state index contributed by atoms with van der Waals surface area (Å²) in [6.45, 7) is 3.54. The van der Waals surface area contributed by atoms with Crippen LogP contribution < -0.4 is 15.8 Å². The van der Waals surface area contributed by atoms with Crippen molar-refractivity contribution in [3.8, 4) is 0 Å². The van der Waals surface area contributed by atoms with Gasteiger partial charge in [-0.2, -0.15) is 5.10 Å². The van der Waals surface area contributed by atoms with Gasteiger partial charge >= 0.3 is 6.03 Å². The molecule has 0 aliphatic rings. The minimum Gasteiger partial charge on any atom is -0.265 e. The SMILES string of the molecule is Cc1cc2nnc(C(=O)NNC(=O)N(c3ccccc3)c3ccccc3)c(C)n2n1. The molecule has 0 unspecified atom stereocenters. The van der Waals surface area contributed by atoms with Crippen molar-refractivity contribution in [1.82, 2.24) is 30.7 Å². The lowest BCUT2D eigenvalue weighted by molar-refractivity contribution is 0.0930. The smallest absolute Gasteiger partial charge is 0.265 e. The van der Waals surface area contributed by atoms with Crippen molar-refractivity contribution in [2.75, 3.05) is 4.90 Å². The first-order chi connectivity index (χ1) is 14.5. The van der Waals surface area contributed by atoms with Crippen molar-refractivity contribution in [1.29, 1.82) is 0 Å². The average molecular weight is 401 g/mol. The van der Waals surface area contributed by atoms with Crippen molar-refractivity contribution in [2.45, 2.75) is 13.8 Å². The van der Waals surface area contributed by atoms with Gasteiger partial charge in [0.1, 0.15) is 0 Å². The highest BCUT2D eigenvalue weighted by atomic mass is 16.2. The predicted octanol–water partition coefficient (Wildman–Crippen LogP) is 2.93. The second-order valence-electron chi connectivity index (χ2n) is 6.58. The molecule has 9 nitrogen and oxygen atoms in total. The molecule has 9 heteroatoms. The fourth-order valence-corrected chi connectivity index (χ4v) is 3.05. The molecule has 3 amide bonds. The third-order valence-electron chi connectivity index (χ3n) is 4.46. The Labute approximate surface area is 172 Å². The molecule has 0 saturated heterocycles. The topological polar surface area (TPSA) is 105 Å². The van der Waals surface area contributed by atoms with E-state index < -0.39 is 11.9 Å². The van der Waals surface area contributed by atoms with Crippen LogP contribution in [0.15, 0.2) is 66.7 Å². The van der Waals surface area contributed by atoms with Crippen LogP contribution in [0, 0.1) is 13.8 Å². The van der Waals surface area contributed by atoms with Crippen LogP contribution in [-0.2, 0) is 0 Å². The Morgan fingerprint density at radius 2 is 1.47 bits per heavy atom. The number of hydrazine groups is 1. The van der Waals surface area contributed by atoms with Crippen molar-refractivity contribution in [2.24, 2.45) is 0 Å². The molecule has 2 aromatic carbocycles. The number of para-hydroxylation sites is 2. The van der Waals surface area contributed by atoms with E-state index in [-0.39, 0.29) is 5.69 Å². The van der Waals surface area contributed by atoms with Crippen molar-refractivity contribution in [3.05, 3.63) is 83.8 Å². The Morgan fingerprint density at radius 1 is 0.867 bits per heavy atom. The van der Waals surface area contributed by atoms with E-state index in [2.05, 4.69) is 26.1 Å². The summed E-state index contributed by atoms with van der Waals surface area (Å²) in [6, 6.07) is 19.5. The molecule has 150 valence electrons. The summed E-state index contributed by atoms with van der Waals surface area (Å²) >= 11 is 0. The minimum absolute atomic E-state index is 0.0665. The number of aromatic nitrogens is 4. The average Bonchev–Trinajstić information content (AvgIpc) is 3.15. The van der Waals surface area contributed by atoms with E-state index in [1.165, 1.54) is 4.90 Å². The van der Waals surface area contributed by atoms with E-state index in [1.807, 2.05) is 43.3 Å². The van der Waals surface area contributed by atoms with Gasteiger partial charge in [-0.1, -0.05) is 36.4 Å². The molecular formula is C21H19N7O2. The van der Waals surface area contributed by atoms with E-state index in [4.69, 9.17) is 0 Å². The maximum Gasteiger partial charge on any atom is 0.345 e. The number of amides is 3. The van der Waals surface area contributed by atoms with E-state index in [0.717, 1.165) is 5.69 Å². The van der Waals surface area contributed by atoms with Gasteiger partial charge in [0.15, 0.2) is 11.3 Å². The lowest BCUT2D eigenvalue weighted by atomic mass is 10.2. The molecule has 30 heavy (non-hydrogen) atoms. The Bertz CT molecular complexity index is 1170. The fraction of sp³-hybridized carbons (Fsp3) is 0.0952. The van der Waals surface area contributed by atoms with Gasteiger partial charge in [0, 0.05) is 6.07 Å². The highest BCUT2D eigenvalue weighted by Crippen LogP contribution is 2.24. The Hall–Kier alpha value is -4.27. The van der Waals surface area contributed by atoms with Crippen LogP contribution >= 0.6 is 0 Å². The molecule has 0 spiro atoms. The summed E-state index contributed by atoms with van der Waals surface area (Å²) in [7, 11) is 0. The maximum atomic E-state index is 12.9. The van der Waals surface area contributed by atoms with Crippen molar-refractivity contribution >= 4 is 29.0 Å². The van der Waals surface area contributed by atoms with Crippen LogP contribution in [0.4, 0.5) is 16.2 Å². The fourth-order valence-electron chi connectivity index (χ4n) is 3.05. The third-order valence-corrected chi connectivity index (χ3v) is 4.46. The van der Waals surface area contributed by atoms with Crippen LogP contribution in [0.2, 0.25) is 0 Å². The molecule has 2 N–H and O–H groups in total. The quantitative estimate of drug-likeness (QED) is 0.514. The monoisotopic (exact) mass is 401 g/mol. The maximum absolute atomic E-state index is 12.9. The number of nitrogens with zero attached hydrogens (tertiary/aromatic N) is 5. The summed E-state index contributed by atoms with van der Waals surface area (Å²) in [4.78, 5) is 27.0. The van der Waals surface area contributed by atoms with E-state index in [1.54, 1.807) is 41.8 Å². The number of anilines is 2. The number of nitrogens with one attached hydrogen (secondary N) is 2. The summed E-state index contributed by atoms with van der Waals surface area (Å²) in [5.74, 6) is -0.593. The standard InChI is InChI=1S/C21H19N7O2/c1-14-13-18-22-23-19(15(2)28(18)26-14)20(29)24-25-21(30)27(16-9-5-3-6-10-16)17-11-7-4-8-12-17/h3-13H,1-2H3,(H,24,29)(H,25,30). The second-order valence-corrected chi connectivity index (χ2v) is 6.58. The Kier molecular flexibility index (Phi) is 5.08. The molecule has 0 fully saturated rings. The highest BCUT2D eigenvalue weighted by molar-refractivity contribution is 6.01. The summed E-state index contributed by atoms with van der Waals surface area (Å²) < 4.78 is 1.54. The van der Waals surface area contributed by atoms with Crippen LogP contribution in [0.1, 0.15) is 21.9 Å². The lowest BCUT2D eigenvalue weighted by Gasteiger charge is -2.23. The van der Waals surface area contributed by atoms with Gasteiger partial charge in [-0.15, -0.1) is 10.2 Å². The van der Waals surface area contributed by atoms with Gasteiger partial charge in [0.25, 0.3) is 5.91 Å². The van der Waals surface area contributed by atoms with Gasteiger partial charge in [-0.05, 0) is 38.1 Å². The molecule has 0 atom stereocenters. The highest BCUT2D eigenvalue weighted by Gasteiger charge is 2.20. The van der Waals surface area contributed by atoms with Gasteiger partial charge in [0.2, 0.25) is 0 Å².